The van der Waals surface area contributed by atoms with Crippen molar-refractivity contribution in [3.05, 3.63) is 7.35 Å². The number of hydrogen-bond acceptors (Lipinski definition) is 1. The molecule has 0 aromatic rings. The van der Waals surface area contributed by atoms with Crippen LogP contribution in [0.15, 0.2) is 7.35 Å². The molecule has 0 rings (SSSR count). The first-order valence-electron chi connectivity index (χ1n) is 3.47. The monoisotopic (exact) mass is 492 g/mol. The van der Waals surface area contributed by atoms with Gasteiger partial charge in [-0.2, -0.15) is 0 Å². The summed E-state index contributed by atoms with van der Waals surface area (Å²) in [6.45, 7) is 2.18. The largest absolute Gasteiger partial charge is 0.502 e. The lowest BCUT2D eigenvalue weighted by molar-refractivity contribution is 0.462. The van der Waals surface area contributed by atoms with E-state index in [1.807, 2.05) is 22.6 Å². The number of aliphatic hydroxyl groups is 1. The highest BCUT2D eigenvalue weighted by Gasteiger charge is 2.10. The molecule has 4 heteroatoms. The van der Waals surface area contributed by atoms with Gasteiger partial charge in [0.2, 0.25) is 0 Å². The van der Waals surface area contributed by atoms with Crippen molar-refractivity contribution in [2.45, 2.75) is 30.1 Å². The van der Waals surface area contributed by atoms with Crippen LogP contribution in [0.25, 0.3) is 0 Å². The van der Waals surface area contributed by atoms with E-state index in [1.165, 1.54) is 19.3 Å². The van der Waals surface area contributed by atoms with Gasteiger partial charge < -0.3 is 5.11 Å². The fraction of sp³-hybridized carbons (Fsp3) is 0.714. The third-order valence-electron chi connectivity index (χ3n) is 1.28. The molecule has 1 unspecified atom stereocenters. The van der Waals surface area contributed by atoms with E-state index >= 15 is 0 Å². The van der Waals surface area contributed by atoms with Crippen molar-refractivity contribution in [2.24, 2.45) is 0 Å². The van der Waals surface area contributed by atoms with Gasteiger partial charge in [-0.1, -0.05) is 42.4 Å². The van der Waals surface area contributed by atoms with Gasteiger partial charge in [-0.15, -0.1) is 0 Å². The lowest BCUT2D eigenvalue weighted by Crippen LogP contribution is -1.97. The van der Waals surface area contributed by atoms with Gasteiger partial charge in [-0.3, -0.25) is 0 Å². The molecular formula is C7H11I3O. The van der Waals surface area contributed by atoms with Gasteiger partial charge in [0.05, 0.1) is 3.58 Å². The van der Waals surface area contributed by atoms with Crippen molar-refractivity contribution in [3.8, 4) is 0 Å². The second kappa shape index (κ2) is 7.16. The quantitative estimate of drug-likeness (QED) is 0.347. The van der Waals surface area contributed by atoms with Crippen LogP contribution in [0.3, 0.4) is 0 Å². The van der Waals surface area contributed by atoms with E-state index < -0.39 is 0 Å². The van der Waals surface area contributed by atoms with Crippen molar-refractivity contribution >= 4 is 67.8 Å². The summed E-state index contributed by atoms with van der Waals surface area (Å²) in [4.78, 5) is 0. The number of allylic oxidation sites excluding steroid dienone is 1. The molecule has 0 aliphatic heterocycles. The molecule has 0 aliphatic rings. The first kappa shape index (κ1) is 12.7. The normalized spacial score (nSPS) is 16.0. The zero-order chi connectivity index (χ0) is 8.85. The van der Waals surface area contributed by atoms with E-state index in [2.05, 4.69) is 52.1 Å². The summed E-state index contributed by atoms with van der Waals surface area (Å²) in [5, 5.41) is 9.14. The molecule has 1 nitrogen and oxygen atoms in total. The minimum Gasteiger partial charge on any atom is -0.502 e. The number of halogens is 3. The maximum absolute atomic E-state index is 9.14. The summed E-state index contributed by atoms with van der Waals surface area (Å²) < 4.78 is 2.01. The summed E-state index contributed by atoms with van der Waals surface area (Å²) in [6.07, 6.45) is 3.64. The zero-order valence-electron chi connectivity index (χ0n) is 6.28. The summed E-state index contributed by atoms with van der Waals surface area (Å²) in [7, 11) is 0. The first-order chi connectivity index (χ1) is 5.09. The topological polar surface area (TPSA) is 20.2 Å². The molecule has 1 atom stereocenters. The Balaban J connectivity index is 3.83. The smallest absolute Gasteiger partial charge is 0.163 e. The van der Waals surface area contributed by atoms with Crippen molar-refractivity contribution in [1.82, 2.24) is 0 Å². The van der Waals surface area contributed by atoms with E-state index in [4.69, 9.17) is 5.11 Å². The van der Waals surface area contributed by atoms with E-state index in [-0.39, 0.29) is 0 Å². The zero-order valence-corrected chi connectivity index (χ0v) is 12.8. The summed E-state index contributed by atoms with van der Waals surface area (Å²) >= 11 is 6.55. The standard InChI is InChI=1S/C7H11I3O/c1-2-3-4-5(8)6(9)7(10)11/h5,11H,2-4H2,1H3/b7-6-. The third-order valence-corrected chi connectivity index (χ3v) is 6.60. The van der Waals surface area contributed by atoms with Crippen molar-refractivity contribution in [2.75, 3.05) is 0 Å². The van der Waals surface area contributed by atoms with Crippen molar-refractivity contribution in [3.63, 3.8) is 0 Å². The van der Waals surface area contributed by atoms with Crippen molar-refractivity contribution in [1.29, 1.82) is 0 Å². The molecule has 1 N–H and O–H groups in total. The minimum atomic E-state index is 0.443. The molecule has 0 saturated heterocycles. The predicted molar refractivity (Wildman–Crippen MR) is 75.0 cm³/mol. The Morgan fingerprint density at radius 1 is 1.45 bits per heavy atom. The second-order valence-electron chi connectivity index (χ2n) is 2.25. The number of unbranched alkanes of at least 4 members (excludes halogenated alkanes) is 1. The van der Waals surface area contributed by atoms with E-state index in [0.717, 1.165) is 3.58 Å². The van der Waals surface area contributed by atoms with Crippen LogP contribution in [0.2, 0.25) is 0 Å². The van der Waals surface area contributed by atoms with Gasteiger partial charge >= 0.3 is 0 Å². The fourth-order valence-corrected chi connectivity index (χ4v) is 2.66. The van der Waals surface area contributed by atoms with Crippen molar-refractivity contribution < 1.29 is 5.11 Å². The first-order valence-corrected chi connectivity index (χ1v) is 6.88. The molecule has 0 saturated carbocycles. The Bertz CT molecular complexity index is 141. The highest BCUT2D eigenvalue weighted by atomic mass is 127. The molecule has 0 fully saturated rings. The molecule has 0 aromatic carbocycles. The minimum absolute atomic E-state index is 0.443. The maximum atomic E-state index is 9.14. The Morgan fingerprint density at radius 2 is 2.00 bits per heavy atom. The molecule has 66 valence electrons. The molecule has 0 aromatic heterocycles. The van der Waals surface area contributed by atoms with Crippen LogP contribution in [0.4, 0.5) is 0 Å². The SMILES string of the molecule is CCCCC(I)/C(I)=C(/O)I. The molecule has 0 bridgehead atoms. The fourth-order valence-electron chi connectivity index (χ4n) is 0.639. The van der Waals surface area contributed by atoms with Gasteiger partial charge in [0, 0.05) is 3.92 Å². The van der Waals surface area contributed by atoms with Crippen LogP contribution in [-0.4, -0.2) is 9.03 Å². The van der Waals surface area contributed by atoms with Crippen LogP contribution >= 0.6 is 67.8 Å². The van der Waals surface area contributed by atoms with Crippen LogP contribution < -0.4 is 0 Å². The van der Waals surface area contributed by atoms with Gasteiger partial charge in [-0.05, 0) is 51.6 Å². The van der Waals surface area contributed by atoms with Crippen LogP contribution in [0.5, 0.6) is 0 Å². The Kier molecular flexibility index (Phi) is 8.29. The number of alkyl halides is 1. The highest BCUT2D eigenvalue weighted by molar-refractivity contribution is 14.1. The molecule has 0 spiro atoms. The Hall–Kier alpha value is 1.73. The average Bonchev–Trinajstić information content (AvgIpc) is 1.98. The summed E-state index contributed by atoms with van der Waals surface area (Å²) in [6, 6.07) is 0. The molecule has 0 heterocycles. The molecule has 0 amide bonds. The van der Waals surface area contributed by atoms with E-state index in [1.54, 1.807) is 0 Å². The van der Waals surface area contributed by atoms with Crippen LogP contribution in [-0.2, 0) is 0 Å². The third kappa shape index (κ3) is 5.89. The summed E-state index contributed by atoms with van der Waals surface area (Å²) in [5.74, 6) is 0. The Morgan fingerprint density at radius 3 is 2.36 bits per heavy atom. The molecule has 11 heavy (non-hydrogen) atoms. The molecule has 0 radical (unpaired) electrons. The number of aliphatic hydroxyl groups excluding tert-OH is 1. The van der Waals surface area contributed by atoms with E-state index in [9.17, 15) is 0 Å². The predicted octanol–water partition coefficient (Wildman–Crippen LogP) is 4.58. The maximum Gasteiger partial charge on any atom is 0.163 e. The van der Waals surface area contributed by atoms with Gasteiger partial charge in [0.25, 0.3) is 0 Å². The second-order valence-corrected chi connectivity index (χ2v) is 5.94. The number of rotatable bonds is 4. The lowest BCUT2D eigenvalue weighted by Gasteiger charge is -2.07. The molecular weight excluding hydrogens is 481 g/mol. The van der Waals surface area contributed by atoms with E-state index in [0.29, 0.717) is 7.69 Å². The average molecular weight is 492 g/mol. The Labute approximate surface area is 109 Å². The molecule has 0 aliphatic carbocycles. The van der Waals surface area contributed by atoms with Crippen LogP contribution in [0, 0.1) is 0 Å². The highest BCUT2D eigenvalue weighted by Crippen LogP contribution is 2.29. The van der Waals surface area contributed by atoms with Gasteiger partial charge in [0.1, 0.15) is 0 Å². The van der Waals surface area contributed by atoms with Crippen LogP contribution in [0.1, 0.15) is 26.2 Å². The van der Waals surface area contributed by atoms with Gasteiger partial charge in [-0.25, -0.2) is 0 Å². The number of hydrogen-bond donors (Lipinski definition) is 1. The van der Waals surface area contributed by atoms with Gasteiger partial charge in [0.15, 0.2) is 3.77 Å². The lowest BCUT2D eigenvalue weighted by atomic mass is 10.2. The summed E-state index contributed by atoms with van der Waals surface area (Å²) in [5.41, 5.74) is 0.